The molecule has 1 atom stereocenters. The molecule has 0 fully saturated rings. The number of ether oxygens (including phenoxy) is 1. The van der Waals surface area contributed by atoms with Gasteiger partial charge in [-0.1, -0.05) is 56.4 Å². The minimum Gasteiger partial charge on any atom is -0.444 e. The second-order valence-electron chi connectivity index (χ2n) is 10.3. The molecule has 34 heavy (non-hydrogen) atoms. The summed E-state index contributed by atoms with van der Waals surface area (Å²) < 4.78 is 5.27. The van der Waals surface area contributed by atoms with Crippen LogP contribution in [-0.2, 0) is 14.3 Å². The third kappa shape index (κ3) is 10.6. The van der Waals surface area contributed by atoms with E-state index in [-0.39, 0.29) is 24.4 Å². The van der Waals surface area contributed by atoms with Crippen LogP contribution < -0.4 is 10.6 Å². The van der Waals surface area contributed by atoms with Crippen LogP contribution in [0.15, 0.2) is 18.2 Å². The van der Waals surface area contributed by atoms with Crippen molar-refractivity contribution in [3.8, 4) is 0 Å². The predicted octanol–water partition coefficient (Wildman–Crippen LogP) is 5.19. The van der Waals surface area contributed by atoms with E-state index in [9.17, 15) is 14.4 Å². The molecule has 3 amide bonds. The van der Waals surface area contributed by atoms with Crippen LogP contribution in [0.5, 0.6) is 0 Å². The molecular formula is C27H45N3O4. The van der Waals surface area contributed by atoms with Crippen LogP contribution in [0, 0.1) is 13.8 Å². The maximum atomic E-state index is 13.4. The number of amides is 3. The standard InChI is InChI=1S/C27H45N3O4/c1-9-10-11-12-13-16-30(23(31)18-28-26(33)34-27(6,7)8)24(25(32)29-19(2)3)22-17-20(4)14-15-21(22)5/h14-15,17,19,24H,9-13,16,18H2,1-8H3,(H,28,33)(H,29,32). The Morgan fingerprint density at radius 3 is 2.26 bits per heavy atom. The number of carbonyl (C=O) groups excluding carboxylic acids is 3. The van der Waals surface area contributed by atoms with Crippen molar-refractivity contribution < 1.29 is 19.1 Å². The summed E-state index contributed by atoms with van der Waals surface area (Å²) in [6, 6.07) is 5.10. The largest absolute Gasteiger partial charge is 0.444 e. The number of unbranched alkanes of at least 4 members (excludes halogenated alkanes) is 4. The predicted molar refractivity (Wildman–Crippen MR) is 137 cm³/mol. The Morgan fingerprint density at radius 1 is 1.03 bits per heavy atom. The highest BCUT2D eigenvalue weighted by atomic mass is 16.6. The normalized spacial score (nSPS) is 12.3. The zero-order valence-corrected chi connectivity index (χ0v) is 22.4. The molecule has 0 saturated heterocycles. The highest BCUT2D eigenvalue weighted by molar-refractivity contribution is 5.90. The van der Waals surface area contributed by atoms with Gasteiger partial charge in [-0.05, 0) is 66.0 Å². The molecule has 0 aliphatic carbocycles. The molecule has 0 radical (unpaired) electrons. The van der Waals surface area contributed by atoms with Gasteiger partial charge >= 0.3 is 6.09 Å². The Hall–Kier alpha value is -2.57. The molecule has 7 nitrogen and oxygen atoms in total. The Kier molecular flexibility index (Phi) is 12.1. The molecule has 1 aromatic carbocycles. The molecule has 0 saturated carbocycles. The lowest BCUT2D eigenvalue weighted by Crippen LogP contribution is -2.49. The van der Waals surface area contributed by atoms with Gasteiger partial charge in [-0.15, -0.1) is 0 Å². The number of benzene rings is 1. The summed E-state index contributed by atoms with van der Waals surface area (Å²) in [6.07, 6.45) is 4.46. The van der Waals surface area contributed by atoms with Crippen LogP contribution in [0.25, 0.3) is 0 Å². The van der Waals surface area contributed by atoms with Gasteiger partial charge in [-0.3, -0.25) is 9.59 Å². The van der Waals surface area contributed by atoms with Gasteiger partial charge in [0.1, 0.15) is 18.2 Å². The van der Waals surface area contributed by atoms with E-state index in [1.54, 1.807) is 25.7 Å². The number of nitrogens with one attached hydrogen (secondary N) is 2. The summed E-state index contributed by atoms with van der Waals surface area (Å²) >= 11 is 0. The lowest BCUT2D eigenvalue weighted by Gasteiger charge is -2.33. The topological polar surface area (TPSA) is 87.7 Å². The van der Waals surface area contributed by atoms with Crippen molar-refractivity contribution in [2.75, 3.05) is 13.1 Å². The first kappa shape index (κ1) is 29.5. The SMILES string of the molecule is CCCCCCCN(C(=O)CNC(=O)OC(C)(C)C)C(C(=O)NC(C)C)c1cc(C)ccc1C. The van der Waals surface area contributed by atoms with E-state index in [2.05, 4.69) is 17.6 Å². The Labute approximate surface area is 206 Å². The van der Waals surface area contributed by atoms with Gasteiger partial charge in [0.2, 0.25) is 11.8 Å². The average Bonchev–Trinajstić information content (AvgIpc) is 2.71. The maximum Gasteiger partial charge on any atom is 0.408 e. The van der Waals surface area contributed by atoms with E-state index < -0.39 is 17.7 Å². The van der Waals surface area contributed by atoms with E-state index in [1.807, 2.05) is 45.9 Å². The quantitative estimate of drug-likeness (QED) is 0.407. The number of nitrogens with zero attached hydrogens (tertiary/aromatic N) is 1. The lowest BCUT2D eigenvalue weighted by molar-refractivity contribution is -0.140. The van der Waals surface area contributed by atoms with Gasteiger partial charge < -0.3 is 20.3 Å². The molecular weight excluding hydrogens is 430 g/mol. The van der Waals surface area contributed by atoms with E-state index in [0.29, 0.717) is 6.54 Å². The highest BCUT2D eigenvalue weighted by Crippen LogP contribution is 2.27. The number of carbonyl (C=O) groups is 3. The van der Waals surface area contributed by atoms with E-state index in [1.165, 1.54) is 0 Å². The molecule has 0 spiro atoms. The maximum absolute atomic E-state index is 13.4. The summed E-state index contributed by atoms with van der Waals surface area (Å²) in [4.78, 5) is 40.6. The first-order valence-corrected chi connectivity index (χ1v) is 12.5. The fourth-order valence-electron chi connectivity index (χ4n) is 3.72. The second-order valence-corrected chi connectivity index (χ2v) is 10.3. The van der Waals surface area contributed by atoms with Gasteiger partial charge in [0, 0.05) is 12.6 Å². The average molecular weight is 476 g/mol. The van der Waals surface area contributed by atoms with Gasteiger partial charge in [0.15, 0.2) is 0 Å². The zero-order valence-electron chi connectivity index (χ0n) is 22.4. The van der Waals surface area contributed by atoms with Crippen LogP contribution in [0.3, 0.4) is 0 Å². The van der Waals surface area contributed by atoms with Crippen LogP contribution in [0.4, 0.5) is 4.79 Å². The minimum absolute atomic E-state index is 0.0680. The van der Waals surface area contributed by atoms with Crippen molar-refractivity contribution in [2.45, 2.75) is 105 Å². The molecule has 2 N–H and O–H groups in total. The molecule has 1 unspecified atom stereocenters. The fraction of sp³-hybridized carbons (Fsp3) is 0.667. The van der Waals surface area contributed by atoms with Gasteiger partial charge in [0.25, 0.3) is 0 Å². The number of hydrogen-bond donors (Lipinski definition) is 2. The molecule has 0 aliphatic heterocycles. The first-order chi connectivity index (χ1) is 15.9. The smallest absolute Gasteiger partial charge is 0.408 e. The number of rotatable bonds is 12. The van der Waals surface area contributed by atoms with Crippen molar-refractivity contribution in [2.24, 2.45) is 0 Å². The van der Waals surface area contributed by atoms with E-state index in [0.717, 1.165) is 48.8 Å². The van der Waals surface area contributed by atoms with Crippen molar-refractivity contribution in [1.82, 2.24) is 15.5 Å². The van der Waals surface area contributed by atoms with E-state index >= 15 is 0 Å². The summed E-state index contributed by atoms with van der Waals surface area (Å²) in [6.45, 7) is 15.4. The molecule has 0 aromatic heterocycles. The summed E-state index contributed by atoms with van der Waals surface area (Å²) in [5, 5.41) is 5.54. The van der Waals surface area contributed by atoms with Gasteiger partial charge in [-0.2, -0.15) is 0 Å². The Balaban J connectivity index is 3.24. The van der Waals surface area contributed by atoms with Crippen LogP contribution >= 0.6 is 0 Å². The molecule has 1 aromatic rings. The Bertz CT molecular complexity index is 815. The van der Waals surface area contributed by atoms with Crippen LogP contribution in [-0.4, -0.2) is 47.5 Å². The summed E-state index contributed by atoms with van der Waals surface area (Å²) in [5.74, 6) is -0.533. The molecule has 0 aliphatic rings. The zero-order chi connectivity index (χ0) is 25.9. The van der Waals surface area contributed by atoms with Crippen molar-refractivity contribution in [3.63, 3.8) is 0 Å². The molecule has 1 rings (SSSR count). The van der Waals surface area contributed by atoms with Crippen LogP contribution in [0.1, 0.15) is 96.4 Å². The van der Waals surface area contributed by atoms with E-state index in [4.69, 9.17) is 4.74 Å². The number of aryl methyl sites for hydroxylation is 2. The van der Waals surface area contributed by atoms with Gasteiger partial charge in [-0.25, -0.2) is 4.79 Å². The second kappa shape index (κ2) is 14.0. The molecule has 0 heterocycles. The molecule has 7 heteroatoms. The summed E-state index contributed by atoms with van der Waals surface area (Å²) in [5.41, 5.74) is 2.10. The first-order valence-electron chi connectivity index (χ1n) is 12.5. The number of alkyl carbamates (subject to hydrolysis) is 1. The fourth-order valence-corrected chi connectivity index (χ4v) is 3.72. The highest BCUT2D eigenvalue weighted by Gasteiger charge is 2.33. The monoisotopic (exact) mass is 475 g/mol. The van der Waals surface area contributed by atoms with Crippen molar-refractivity contribution >= 4 is 17.9 Å². The lowest BCUT2D eigenvalue weighted by atomic mass is 9.96. The number of hydrogen-bond acceptors (Lipinski definition) is 4. The van der Waals surface area contributed by atoms with Crippen molar-refractivity contribution in [1.29, 1.82) is 0 Å². The third-order valence-corrected chi connectivity index (χ3v) is 5.33. The Morgan fingerprint density at radius 2 is 1.68 bits per heavy atom. The van der Waals surface area contributed by atoms with Crippen molar-refractivity contribution in [3.05, 3.63) is 34.9 Å². The van der Waals surface area contributed by atoms with Gasteiger partial charge in [0.05, 0.1) is 0 Å². The molecule has 0 bridgehead atoms. The van der Waals surface area contributed by atoms with Crippen LogP contribution in [0.2, 0.25) is 0 Å². The third-order valence-electron chi connectivity index (χ3n) is 5.33. The molecule has 192 valence electrons. The summed E-state index contributed by atoms with van der Waals surface area (Å²) in [7, 11) is 0. The minimum atomic E-state index is -0.776.